The quantitative estimate of drug-likeness (QED) is 0.200. The Morgan fingerprint density at radius 2 is 1.80 bits per heavy atom. The molecular formula is C36H39Cl2FN6O4. The van der Waals surface area contributed by atoms with Gasteiger partial charge in [0.1, 0.15) is 18.0 Å². The molecule has 4 aromatic rings. The van der Waals surface area contributed by atoms with Gasteiger partial charge in [-0.2, -0.15) is 0 Å². The van der Waals surface area contributed by atoms with Crippen LogP contribution in [0, 0.1) is 11.7 Å². The van der Waals surface area contributed by atoms with Gasteiger partial charge in [-0.25, -0.2) is 13.9 Å². The molecule has 1 aliphatic carbocycles. The highest BCUT2D eigenvalue weighted by atomic mass is 35.5. The average molecular weight is 710 g/mol. The third kappa shape index (κ3) is 7.05. The van der Waals surface area contributed by atoms with Crippen LogP contribution in [0.1, 0.15) is 92.2 Å². The maximum Gasteiger partial charge on any atom is 0.410 e. The maximum atomic E-state index is 14.3. The van der Waals surface area contributed by atoms with E-state index in [4.69, 9.17) is 32.5 Å². The molecule has 13 heteroatoms. The molecule has 2 aromatic heterocycles. The summed E-state index contributed by atoms with van der Waals surface area (Å²) in [5, 5.41) is 14.0. The van der Waals surface area contributed by atoms with E-state index in [2.05, 4.69) is 15.5 Å². The van der Waals surface area contributed by atoms with Crippen molar-refractivity contribution in [2.75, 3.05) is 19.6 Å². The second-order valence-electron chi connectivity index (χ2n) is 14.4. The number of fused-ring (bicyclic) bond motifs is 2. The number of aromatic nitrogens is 4. The number of rotatable bonds is 6. The minimum absolute atomic E-state index is 0.0546. The van der Waals surface area contributed by atoms with Gasteiger partial charge in [-0.3, -0.25) is 4.79 Å². The fourth-order valence-corrected chi connectivity index (χ4v) is 7.93. The zero-order valence-electron chi connectivity index (χ0n) is 27.7. The first-order valence-corrected chi connectivity index (χ1v) is 17.6. The highest BCUT2D eigenvalue weighted by molar-refractivity contribution is 6.42. The lowest BCUT2D eigenvalue weighted by Gasteiger charge is -2.31. The summed E-state index contributed by atoms with van der Waals surface area (Å²) in [7, 11) is 0. The SMILES string of the molecule is CC(C)(C)OC(=O)N1CC2CCCC1C2c1cn(Cc2cc(C3CCN(C(=O)c4ccc(F)cc4-c4ccc(Cl)c(Cl)c4)CC3)no2)nn1. The summed E-state index contributed by atoms with van der Waals surface area (Å²) < 4.78 is 27.5. The minimum atomic E-state index is -0.543. The van der Waals surface area contributed by atoms with E-state index in [9.17, 15) is 14.0 Å². The first-order valence-electron chi connectivity index (χ1n) is 16.8. The predicted octanol–water partition coefficient (Wildman–Crippen LogP) is 7.95. The molecule has 2 amide bonds. The molecule has 49 heavy (non-hydrogen) atoms. The van der Waals surface area contributed by atoms with Gasteiger partial charge in [0, 0.05) is 55.3 Å². The molecule has 258 valence electrons. The van der Waals surface area contributed by atoms with Gasteiger partial charge in [-0.05, 0) is 93.8 Å². The standard InChI is InChI=1S/C36H39Cl2FN6O4/c1-36(2,3)48-35(47)45-18-23-5-4-6-32(45)33(23)31-20-44(42-40-31)19-25-17-30(41-49-25)21-11-13-43(14-12-21)34(46)26-9-8-24(39)16-27(26)22-7-10-28(37)29(38)15-22/h7-10,15-17,20-21,23,32-33H,4-6,11-14,18-19H2,1-3H3. The summed E-state index contributed by atoms with van der Waals surface area (Å²) in [6.45, 7) is 7.79. The van der Waals surface area contributed by atoms with Crippen LogP contribution in [0.25, 0.3) is 11.1 Å². The van der Waals surface area contributed by atoms with Crippen LogP contribution < -0.4 is 0 Å². The van der Waals surface area contributed by atoms with Crippen molar-refractivity contribution in [1.82, 2.24) is 30.0 Å². The molecule has 2 saturated heterocycles. The Kier molecular flexibility index (Phi) is 9.17. The molecule has 0 radical (unpaired) electrons. The Bertz CT molecular complexity index is 1860. The summed E-state index contributed by atoms with van der Waals surface area (Å²) in [6.07, 6.45) is 6.19. The topological polar surface area (TPSA) is 107 Å². The number of ether oxygens (including phenoxy) is 1. The van der Waals surface area contributed by atoms with Crippen molar-refractivity contribution in [3.8, 4) is 11.1 Å². The largest absolute Gasteiger partial charge is 0.444 e. The third-order valence-corrected chi connectivity index (χ3v) is 10.6. The molecule has 2 aromatic carbocycles. The molecule has 0 spiro atoms. The number of piperidine rings is 1. The van der Waals surface area contributed by atoms with E-state index in [1.807, 2.05) is 37.9 Å². The normalized spacial score (nSPS) is 21.3. The summed E-state index contributed by atoms with van der Waals surface area (Å²) >= 11 is 12.3. The third-order valence-electron chi connectivity index (χ3n) is 9.89. The number of likely N-dealkylation sites (tertiary alicyclic amines) is 2. The van der Waals surface area contributed by atoms with Crippen molar-refractivity contribution < 1.29 is 23.2 Å². The molecular weight excluding hydrogens is 670 g/mol. The smallest absolute Gasteiger partial charge is 0.410 e. The molecule has 2 bridgehead atoms. The highest BCUT2D eigenvalue weighted by Crippen LogP contribution is 2.46. The van der Waals surface area contributed by atoms with Crippen LogP contribution in [0.2, 0.25) is 10.0 Å². The van der Waals surface area contributed by atoms with Gasteiger partial charge >= 0.3 is 6.09 Å². The van der Waals surface area contributed by atoms with Crippen LogP contribution in [-0.2, 0) is 11.3 Å². The van der Waals surface area contributed by atoms with Crippen LogP contribution in [0.15, 0.2) is 53.2 Å². The van der Waals surface area contributed by atoms with E-state index in [0.717, 1.165) is 30.7 Å². The van der Waals surface area contributed by atoms with E-state index < -0.39 is 11.4 Å². The molecule has 2 aliphatic heterocycles. The fourth-order valence-electron chi connectivity index (χ4n) is 7.63. The predicted molar refractivity (Wildman–Crippen MR) is 182 cm³/mol. The van der Waals surface area contributed by atoms with Crippen molar-refractivity contribution in [2.24, 2.45) is 5.92 Å². The van der Waals surface area contributed by atoms with Crippen LogP contribution in [-0.4, -0.2) is 73.2 Å². The molecule has 3 aliphatic rings. The maximum absolute atomic E-state index is 14.3. The van der Waals surface area contributed by atoms with E-state index in [-0.39, 0.29) is 29.9 Å². The first kappa shape index (κ1) is 33.5. The monoisotopic (exact) mass is 708 g/mol. The van der Waals surface area contributed by atoms with Gasteiger partial charge in [0.15, 0.2) is 5.76 Å². The number of carbonyl (C=O) groups excluding carboxylic acids is 2. The van der Waals surface area contributed by atoms with Crippen molar-refractivity contribution in [1.29, 1.82) is 0 Å². The molecule has 3 atom stereocenters. The molecule has 7 rings (SSSR count). The number of nitrogens with zero attached hydrogens (tertiary/aromatic N) is 6. The lowest BCUT2D eigenvalue weighted by atomic mass is 9.78. The Hall–Kier alpha value is -3.96. The zero-order chi connectivity index (χ0) is 34.4. The molecule has 3 fully saturated rings. The fraction of sp³-hybridized carbons (Fsp3) is 0.472. The number of hydrogen-bond acceptors (Lipinski definition) is 7. The van der Waals surface area contributed by atoms with Crippen LogP contribution in [0.4, 0.5) is 9.18 Å². The second kappa shape index (κ2) is 13.4. The van der Waals surface area contributed by atoms with Gasteiger partial charge in [-0.1, -0.05) is 46.1 Å². The van der Waals surface area contributed by atoms with Crippen LogP contribution in [0.5, 0.6) is 0 Å². The number of halogens is 3. The Labute approximate surface area is 294 Å². The Morgan fingerprint density at radius 1 is 1.00 bits per heavy atom. The number of carbonyl (C=O) groups is 2. The summed E-state index contributed by atoms with van der Waals surface area (Å²) in [5.74, 6) is 0.658. The van der Waals surface area contributed by atoms with Crippen molar-refractivity contribution >= 4 is 35.2 Å². The van der Waals surface area contributed by atoms with Gasteiger partial charge < -0.3 is 19.1 Å². The highest BCUT2D eigenvalue weighted by Gasteiger charge is 2.49. The van der Waals surface area contributed by atoms with Gasteiger partial charge in [0.05, 0.1) is 21.4 Å². The average Bonchev–Trinajstić information content (AvgIpc) is 3.78. The number of benzene rings is 2. The van der Waals surface area contributed by atoms with E-state index in [1.165, 1.54) is 18.2 Å². The molecule has 4 heterocycles. The Balaban J connectivity index is 0.975. The molecule has 10 nitrogen and oxygen atoms in total. The summed E-state index contributed by atoms with van der Waals surface area (Å²) in [6, 6.07) is 11.2. The van der Waals surface area contributed by atoms with E-state index >= 15 is 0 Å². The van der Waals surface area contributed by atoms with Crippen molar-refractivity contribution in [2.45, 2.75) is 82.9 Å². The first-order chi connectivity index (χ1) is 23.4. The van der Waals surface area contributed by atoms with Crippen LogP contribution >= 0.6 is 23.2 Å². The van der Waals surface area contributed by atoms with E-state index in [1.54, 1.807) is 27.8 Å². The molecule has 0 N–H and O–H groups in total. The van der Waals surface area contributed by atoms with Crippen LogP contribution in [0.3, 0.4) is 0 Å². The van der Waals surface area contributed by atoms with Gasteiger partial charge in [0.2, 0.25) is 0 Å². The minimum Gasteiger partial charge on any atom is -0.444 e. The molecule has 1 saturated carbocycles. The van der Waals surface area contributed by atoms with Crippen molar-refractivity contribution in [3.63, 3.8) is 0 Å². The van der Waals surface area contributed by atoms with Gasteiger partial charge in [-0.15, -0.1) is 5.10 Å². The molecule has 3 unspecified atom stereocenters. The van der Waals surface area contributed by atoms with Gasteiger partial charge in [0.25, 0.3) is 5.91 Å². The second-order valence-corrected chi connectivity index (χ2v) is 15.2. The lowest BCUT2D eigenvalue weighted by molar-refractivity contribution is 0.0215. The zero-order valence-corrected chi connectivity index (χ0v) is 29.3. The lowest BCUT2D eigenvalue weighted by Crippen LogP contribution is -2.41. The van der Waals surface area contributed by atoms with Crippen molar-refractivity contribution in [3.05, 3.63) is 87.2 Å². The summed E-state index contributed by atoms with van der Waals surface area (Å²) in [5.41, 5.74) is 2.70. The Morgan fingerprint density at radius 3 is 2.55 bits per heavy atom. The number of amides is 2. The van der Waals surface area contributed by atoms with E-state index in [0.29, 0.717) is 77.4 Å². The summed E-state index contributed by atoms with van der Waals surface area (Å²) in [4.78, 5) is 30.3. The number of hydrogen-bond donors (Lipinski definition) is 0.